The minimum Gasteiger partial charge on any atom is -0.385 e. The Morgan fingerprint density at radius 1 is 1.04 bits per heavy atom. The highest BCUT2D eigenvalue weighted by atomic mass is 16.5. The maximum absolute atomic E-state index is 12.2. The van der Waals surface area contributed by atoms with E-state index in [2.05, 4.69) is 20.6 Å². The molecule has 0 radical (unpaired) electrons. The zero-order valence-corrected chi connectivity index (χ0v) is 13.5. The van der Waals surface area contributed by atoms with Crippen LogP contribution in [0.3, 0.4) is 0 Å². The van der Waals surface area contributed by atoms with Crippen LogP contribution >= 0.6 is 0 Å². The zero-order valence-electron chi connectivity index (χ0n) is 13.5. The number of rotatable bonds is 8. The number of amides is 2. The van der Waals surface area contributed by atoms with Crippen molar-refractivity contribution in [2.24, 2.45) is 0 Å². The Morgan fingerprint density at radius 3 is 2.38 bits per heavy atom. The Balaban J connectivity index is 1.91. The minimum absolute atomic E-state index is 0.202. The largest absolute Gasteiger partial charge is 0.385 e. The number of ether oxygens (including phenoxy) is 1. The van der Waals surface area contributed by atoms with E-state index in [0.29, 0.717) is 26.1 Å². The molecule has 126 valence electrons. The average molecular weight is 328 g/mol. The maximum atomic E-state index is 12.2. The molecule has 2 heterocycles. The highest BCUT2D eigenvalue weighted by molar-refractivity contribution is 5.96. The van der Waals surface area contributed by atoms with E-state index in [1.54, 1.807) is 37.7 Å². The van der Waals surface area contributed by atoms with Crippen molar-refractivity contribution >= 4 is 11.8 Å². The second-order valence-corrected chi connectivity index (χ2v) is 5.05. The molecular weight excluding hydrogens is 308 g/mol. The van der Waals surface area contributed by atoms with Crippen LogP contribution in [0.25, 0.3) is 0 Å². The molecule has 2 N–H and O–H groups in total. The molecule has 0 atom stereocenters. The Bertz CT molecular complexity index is 677. The van der Waals surface area contributed by atoms with Gasteiger partial charge in [-0.1, -0.05) is 6.07 Å². The number of carbonyl (C=O) groups excluding carboxylic acids is 2. The summed E-state index contributed by atoms with van der Waals surface area (Å²) < 4.78 is 4.92. The quantitative estimate of drug-likeness (QED) is 0.710. The maximum Gasteiger partial charge on any atom is 0.270 e. The summed E-state index contributed by atoms with van der Waals surface area (Å²) in [6, 6.07) is 8.42. The summed E-state index contributed by atoms with van der Waals surface area (Å²) in [5, 5.41) is 5.50. The van der Waals surface area contributed by atoms with E-state index >= 15 is 0 Å². The molecule has 0 saturated heterocycles. The van der Waals surface area contributed by atoms with Gasteiger partial charge in [0, 0.05) is 39.2 Å². The molecule has 2 aromatic rings. The van der Waals surface area contributed by atoms with Crippen molar-refractivity contribution in [2.45, 2.75) is 13.0 Å². The topological polar surface area (TPSA) is 93.2 Å². The average Bonchev–Trinajstić information content (AvgIpc) is 2.64. The second kappa shape index (κ2) is 9.36. The Labute approximate surface area is 140 Å². The first-order valence-electron chi connectivity index (χ1n) is 7.62. The lowest BCUT2D eigenvalue weighted by Crippen LogP contribution is -2.28. The Hall–Kier alpha value is -2.80. The van der Waals surface area contributed by atoms with Gasteiger partial charge in [0.1, 0.15) is 11.4 Å². The third kappa shape index (κ3) is 5.44. The number of nitrogens with zero attached hydrogens (tertiary/aromatic N) is 2. The van der Waals surface area contributed by atoms with Crippen LogP contribution in [-0.2, 0) is 11.3 Å². The van der Waals surface area contributed by atoms with Crippen molar-refractivity contribution in [3.05, 3.63) is 59.7 Å². The summed E-state index contributed by atoms with van der Waals surface area (Å²) >= 11 is 0. The summed E-state index contributed by atoms with van der Waals surface area (Å²) in [6.07, 6.45) is 4.04. The molecule has 2 aromatic heterocycles. The van der Waals surface area contributed by atoms with Gasteiger partial charge in [0.2, 0.25) is 0 Å². The van der Waals surface area contributed by atoms with E-state index in [-0.39, 0.29) is 23.2 Å². The van der Waals surface area contributed by atoms with Crippen LogP contribution < -0.4 is 10.6 Å². The van der Waals surface area contributed by atoms with Crippen molar-refractivity contribution < 1.29 is 14.3 Å². The standard InChI is InChI=1S/C17H20N4O3/c1-24-11-3-8-19-16(22)14-4-2-5-15(21-14)17(23)20-12-13-6-9-18-10-7-13/h2,4-7,9-10H,3,8,11-12H2,1H3,(H,19,22)(H,20,23). The van der Waals surface area contributed by atoms with Crippen LogP contribution in [0.4, 0.5) is 0 Å². The van der Waals surface area contributed by atoms with Gasteiger partial charge in [0.25, 0.3) is 11.8 Å². The summed E-state index contributed by atoms with van der Waals surface area (Å²) in [5.41, 5.74) is 1.35. The molecule has 0 unspecified atom stereocenters. The van der Waals surface area contributed by atoms with E-state index in [1.807, 2.05) is 12.1 Å². The number of hydrogen-bond donors (Lipinski definition) is 2. The molecule has 0 aliphatic heterocycles. The predicted octanol–water partition coefficient (Wildman–Crippen LogP) is 1.17. The number of pyridine rings is 2. The van der Waals surface area contributed by atoms with E-state index in [4.69, 9.17) is 4.74 Å². The van der Waals surface area contributed by atoms with Crippen LogP contribution in [0.2, 0.25) is 0 Å². The van der Waals surface area contributed by atoms with Crippen LogP contribution in [-0.4, -0.2) is 42.0 Å². The molecule has 2 amide bonds. The van der Waals surface area contributed by atoms with Gasteiger partial charge in [-0.2, -0.15) is 0 Å². The monoisotopic (exact) mass is 328 g/mol. The fourth-order valence-electron chi connectivity index (χ4n) is 1.97. The smallest absolute Gasteiger partial charge is 0.270 e. The summed E-state index contributed by atoms with van der Waals surface area (Å²) in [4.78, 5) is 32.2. The lowest BCUT2D eigenvalue weighted by atomic mass is 10.2. The fraction of sp³-hybridized carbons (Fsp3) is 0.294. The molecule has 0 aliphatic rings. The second-order valence-electron chi connectivity index (χ2n) is 5.05. The van der Waals surface area contributed by atoms with E-state index in [1.165, 1.54) is 0 Å². The van der Waals surface area contributed by atoms with E-state index in [9.17, 15) is 9.59 Å². The molecule has 0 fully saturated rings. The Morgan fingerprint density at radius 2 is 1.71 bits per heavy atom. The first-order chi connectivity index (χ1) is 11.7. The molecule has 24 heavy (non-hydrogen) atoms. The van der Waals surface area contributed by atoms with Crippen molar-refractivity contribution in [3.63, 3.8) is 0 Å². The minimum atomic E-state index is -0.333. The van der Waals surface area contributed by atoms with Crippen LogP contribution in [0.15, 0.2) is 42.7 Å². The summed E-state index contributed by atoms with van der Waals surface area (Å²) in [5.74, 6) is -0.643. The Kier molecular flexibility index (Phi) is 6.85. The van der Waals surface area contributed by atoms with Gasteiger partial charge in [0.15, 0.2) is 0 Å². The lowest BCUT2D eigenvalue weighted by Gasteiger charge is -2.07. The molecule has 0 aromatic carbocycles. The third-order valence-electron chi connectivity index (χ3n) is 3.23. The van der Waals surface area contributed by atoms with Gasteiger partial charge in [-0.25, -0.2) is 4.98 Å². The first-order valence-corrected chi connectivity index (χ1v) is 7.62. The van der Waals surface area contributed by atoms with Gasteiger partial charge in [-0.3, -0.25) is 14.6 Å². The van der Waals surface area contributed by atoms with E-state index in [0.717, 1.165) is 5.56 Å². The van der Waals surface area contributed by atoms with Crippen LogP contribution in [0.5, 0.6) is 0 Å². The van der Waals surface area contributed by atoms with Gasteiger partial charge < -0.3 is 15.4 Å². The van der Waals surface area contributed by atoms with Crippen molar-refractivity contribution in [1.82, 2.24) is 20.6 Å². The first kappa shape index (κ1) is 17.6. The van der Waals surface area contributed by atoms with Gasteiger partial charge in [-0.05, 0) is 36.2 Å². The van der Waals surface area contributed by atoms with Gasteiger partial charge in [-0.15, -0.1) is 0 Å². The molecule has 2 rings (SSSR count). The molecule has 0 saturated carbocycles. The third-order valence-corrected chi connectivity index (χ3v) is 3.23. The zero-order chi connectivity index (χ0) is 17.2. The molecule has 7 nitrogen and oxygen atoms in total. The lowest BCUT2D eigenvalue weighted by molar-refractivity contribution is 0.0940. The van der Waals surface area contributed by atoms with Crippen LogP contribution in [0.1, 0.15) is 33.0 Å². The number of methoxy groups -OCH3 is 1. The SMILES string of the molecule is COCCCNC(=O)c1cccc(C(=O)NCc2ccncc2)n1. The van der Waals surface area contributed by atoms with Gasteiger partial charge >= 0.3 is 0 Å². The van der Waals surface area contributed by atoms with Crippen molar-refractivity contribution in [1.29, 1.82) is 0 Å². The molecule has 0 aliphatic carbocycles. The van der Waals surface area contributed by atoms with E-state index < -0.39 is 0 Å². The molecular formula is C17H20N4O3. The van der Waals surface area contributed by atoms with Crippen LogP contribution in [0, 0.1) is 0 Å². The highest BCUT2D eigenvalue weighted by Gasteiger charge is 2.11. The highest BCUT2D eigenvalue weighted by Crippen LogP contribution is 2.02. The number of hydrogen-bond acceptors (Lipinski definition) is 5. The molecule has 0 spiro atoms. The predicted molar refractivity (Wildman–Crippen MR) is 88.5 cm³/mol. The summed E-state index contributed by atoms with van der Waals surface area (Å²) in [6.45, 7) is 1.44. The number of nitrogens with one attached hydrogen (secondary N) is 2. The van der Waals surface area contributed by atoms with Gasteiger partial charge in [0.05, 0.1) is 0 Å². The number of aromatic nitrogens is 2. The molecule has 0 bridgehead atoms. The fourth-order valence-corrected chi connectivity index (χ4v) is 1.97. The van der Waals surface area contributed by atoms with Crippen molar-refractivity contribution in [3.8, 4) is 0 Å². The number of carbonyl (C=O) groups is 2. The molecule has 7 heteroatoms. The summed E-state index contributed by atoms with van der Waals surface area (Å²) in [7, 11) is 1.61. The van der Waals surface area contributed by atoms with Crippen molar-refractivity contribution in [2.75, 3.05) is 20.3 Å². The normalized spacial score (nSPS) is 10.2.